The molecule has 0 saturated heterocycles. The van der Waals surface area contributed by atoms with Crippen LogP contribution in [0.1, 0.15) is 38.4 Å². The third kappa shape index (κ3) is 4.18. The summed E-state index contributed by atoms with van der Waals surface area (Å²) in [5.41, 5.74) is 5.58. The van der Waals surface area contributed by atoms with Crippen molar-refractivity contribution in [3.8, 4) is 0 Å². The van der Waals surface area contributed by atoms with E-state index >= 15 is 0 Å². The second-order valence-corrected chi connectivity index (χ2v) is 11.1. The van der Waals surface area contributed by atoms with Crippen molar-refractivity contribution in [2.45, 2.75) is 27.3 Å². The Morgan fingerprint density at radius 2 is 1.97 bits per heavy atom. The van der Waals surface area contributed by atoms with Crippen LogP contribution in [0.15, 0.2) is 41.2 Å². The zero-order chi connectivity index (χ0) is 24.9. The summed E-state index contributed by atoms with van der Waals surface area (Å²) >= 11 is 5.85. The van der Waals surface area contributed by atoms with Gasteiger partial charge in [0.15, 0.2) is 0 Å². The van der Waals surface area contributed by atoms with Gasteiger partial charge in [-0.1, -0.05) is 12.1 Å². The third-order valence-electron chi connectivity index (χ3n) is 6.15. The molecule has 0 saturated carbocycles. The summed E-state index contributed by atoms with van der Waals surface area (Å²) in [5, 5.41) is 4.06. The van der Waals surface area contributed by atoms with Gasteiger partial charge in [0.05, 0.1) is 0 Å². The Morgan fingerprint density at radius 1 is 1.17 bits per heavy atom. The van der Waals surface area contributed by atoms with Crippen LogP contribution >= 0.6 is 11.6 Å². The monoisotopic (exact) mass is 555 g/mol. The summed E-state index contributed by atoms with van der Waals surface area (Å²) < 4.78 is 8.20. The number of aromatic nitrogens is 2. The van der Waals surface area contributed by atoms with Crippen LogP contribution in [0.2, 0.25) is 5.02 Å². The topological polar surface area (TPSA) is 93.2 Å². The van der Waals surface area contributed by atoms with Gasteiger partial charge < -0.3 is 0 Å². The molecular formula is C26H22ClN3O4Se. The van der Waals surface area contributed by atoms with E-state index in [-0.39, 0.29) is 32.8 Å². The fourth-order valence-electron chi connectivity index (χ4n) is 4.36. The SMILES string of the molecule is Cc1cccc2c1NC(=O)/C2=C\c1[nH]c(C)c(C(=O)OCCn2[se]c3ccc(Cl)cc3c2=O)c1C. The Morgan fingerprint density at radius 3 is 2.77 bits per heavy atom. The number of nitrogens with one attached hydrogen (secondary N) is 2. The van der Waals surface area contributed by atoms with Crippen LogP contribution in [0.25, 0.3) is 21.3 Å². The molecule has 3 heterocycles. The van der Waals surface area contributed by atoms with Crippen LogP contribution in [0.4, 0.5) is 5.69 Å². The molecule has 4 aromatic rings. The number of ether oxygens (including phenoxy) is 1. The zero-order valence-corrected chi connectivity index (χ0v) is 21.8. The summed E-state index contributed by atoms with van der Waals surface area (Å²) in [5.74, 6) is -0.641. The standard InChI is InChI=1S/C26H22ClN3O4Se/c1-13-5-4-6-17-18(24(31)29-23(13)17)12-20-14(2)22(15(3)28-20)26(33)34-10-9-30-25(32)19-11-16(27)7-8-21(19)35-30/h4-8,11-12,28H,9-10H2,1-3H3,(H,29,31)/b18-12-. The number of anilines is 1. The van der Waals surface area contributed by atoms with Crippen molar-refractivity contribution in [1.29, 1.82) is 0 Å². The molecule has 9 heteroatoms. The molecule has 2 aromatic carbocycles. The molecule has 0 spiro atoms. The predicted molar refractivity (Wildman–Crippen MR) is 138 cm³/mol. The van der Waals surface area contributed by atoms with Crippen molar-refractivity contribution in [2.75, 3.05) is 11.9 Å². The molecular weight excluding hydrogens is 533 g/mol. The molecule has 2 aromatic heterocycles. The van der Waals surface area contributed by atoms with E-state index in [4.69, 9.17) is 16.3 Å². The van der Waals surface area contributed by atoms with Crippen molar-refractivity contribution in [2.24, 2.45) is 0 Å². The molecule has 5 rings (SSSR count). The molecule has 0 radical (unpaired) electrons. The van der Waals surface area contributed by atoms with Crippen molar-refractivity contribution >= 4 is 65.2 Å². The van der Waals surface area contributed by atoms with Crippen LogP contribution in [-0.4, -0.2) is 41.8 Å². The Balaban J connectivity index is 1.34. The minimum atomic E-state index is -0.465. The van der Waals surface area contributed by atoms with E-state index in [0.717, 1.165) is 21.1 Å². The van der Waals surface area contributed by atoms with E-state index in [1.54, 1.807) is 28.7 Å². The van der Waals surface area contributed by atoms with Crippen molar-refractivity contribution < 1.29 is 14.3 Å². The van der Waals surface area contributed by atoms with Gasteiger partial charge in [0.1, 0.15) is 0 Å². The maximum absolute atomic E-state index is 12.9. The number of rotatable bonds is 5. The molecule has 0 atom stereocenters. The second-order valence-electron chi connectivity index (χ2n) is 8.45. The Labute approximate surface area is 212 Å². The summed E-state index contributed by atoms with van der Waals surface area (Å²) in [7, 11) is 0. The third-order valence-corrected chi connectivity index (χ3v) is 8.74. The first-order valence-corrected chi connectivity index (χ1v) is 13.0. The first kappa shape index (κ1) is 23.4. The molecule has 0 bridgehead atoms. The number of benzene rings is 2. The van der Waals surface area contributed by atoms with Gasteiger partial charge in [-0.25, -0.2) is 0 Å². The molecule has 1 aliphatic heterocycles. The van der Waals surface area contributed by atoms with E-state index in [2.05, 4.69) is 10.3 Å². The van der Waals surface area contributed by atoms with E-state index in [0.29, 0.717) is 45.0 Å². The number of hydrogen-bond acceptors (Lipinski definition) is 4. The van der Waals surface area contributed by atoms with Gasteiger partial charge in [-0.05, 0) is 12.5 Å². The van der Waals surface area contributed by atoms with Gasteiger partial charge in [-0.2, -0.15) is 0 Å². The Kier molecular flexibility index (Phi) is 6.05. The van der Waals surface area contributed by atoms with Gasteiger partial charge in [-0.15, -0.1) is 0 Å². The average Bonchev–Trinajstić information content (AvgIpc) is 3.41. The van der Waals surface area contributed by atoms with Crippen molar-refractivity contribution in [3.63, 3.8) is 0 Å². The minimum absolute atomic E-state index is 0.0869. The van der Waals surface area contributed by atoms with Crippen molar-refractivity contribution in [1.82, 2.24) is 8.55 Å². The summed E-state index contributed by atoms with van der Waals surface area (Å²) in [4.78, 5) is 41.3. The average molecular weight is 555 g/mol. The number of fused-ring (bicyclic) bond motifs is 2. The molecule has 178 valence electrons. The van der Waals surface area contributed by atoms with E-state index < -0.39 is 5.97 Å². The molecule has 7 nitrogen and oxygen atoms in total. The number of para-hydroxylation sites is 1. The van der Waals surface area contributed by atoms with Crippen LogP contribution in [-0.2, 0) is 16.1 Å². The van der Waals surface area contributed by atoms with Gasteiger partial charge in [-0.3, -0.25) is 0 Å². The normalized spacial score (nSPS) is 13.9. The fourth-order valence-corrected chi connectivity index (χ4v) is 6.54. The molecule has 2 N–H and O–H groups in total. The molecule has 0 aliphatic carbocycles. The first-order chi connectivity index (χ1) is 16.7. The fraction of sp³-hybridized carbons (Fsp3) is 0.192. The molecule has 0 unspecified atom stereocenters. The summed E-state index contributed by atoms with van der Waals surface area (Å²) in [6.45, 7) is 5.97. The number of amides is 1. The number of H-pyrrole nitrogens is 1. The second kappa shape index (κ2) is 9.04. The maximum atomic E-state index is 12.9. The molecule has 1 aliphatic rings. The Hall–Kier alpha value is -3.32. The number of carbonyl (C=O) groups excluding carboxylic acids is 2. The van der Waals surface area contributed by atoms with Crippen LogP contribution in [0, 0.1) is 20.8 Å². The Bertz CT molecular complexity index is 1610. The quantitative estimate of drug-likeness (QED) is 0.218. The molecule has 1 amide bonds. The van der Waals surface area contributed by atoms with Gasteiger partial charge in [0, 0.05) is 0 Å². The van der Waals surface area contributed by atoms with E-state index in [1.807, 2.05) is 38.1 Å². The van der Waals surface area contributed by atoms with Gasteiger partial charge in [0.25, 0.3) is 0 Å². The number of aryl methyl sites for hydroxylation is 2. The van der Waals surface area contributed by atoms with E-state index in [1.165, 1.54) is 0 Å². The number of halogens is 1. The molecule has 35 heavy (non-hydrogen) atoms. The zero-order valence-electron chi connectivity index (χ0n) is 19.3. The number of carbonyl (C=O) groups is 2. The summed E-state index contributed by atoms with van der Waals surface area (Å²) in [6.07, 6.45) is 1.77. The van der Waals surface area contributed by atoms with Crippen LogP contribution in [0.3, 0.4) is 0 Å². The van der Waals surface area contributed by atoms with E-state index in [9.17, 15) is 14.4 Å². The number of nitrogens with zero attached hydrogens (tertiary/aromatic N) is 1. The van der Waals surface area contributed by atoms with Crippen LogP contribution in [0.5, 0.6) is 0 Å². The predicted octanol–water partition coefficient (Wildman–Crippen LogP) is 4.31. The molecule has 0 fully saturated rings. The number of aromatic amines is 1. The number of hydrogen-bond donors (Lipinski definition) is 2. The summed E-state index contributed by atoms with van der Waals surface area (Å²) in [6, 6.07) is 11.1. The van der Waals surface area contributed by atoms with Crippen molar-refractivity contribution in [3.05, 3.63) is 85.4 Å². The van der Waals surface area contributed by atoms with Gasteiger partial charge >= 0.3 is 188 Å². The van der Waals surface area contributed by atoms with Crippen LogP contribution < -0.4 is 10.9 Å². The number of esters is 1. The van der Waals surface area contributed by atoms with Gasteiger partial charge in [0.2, 0.25) is 0 Å². The first-order valence-electron chi connectivity index (χ1n) is 11.0.